The molecule has 5 rings (SSSR count). The first-order valence-corrected chi connectivity index (χ1v) is 12.6. The van der Waals surface area contributed by atoms with Gasteiger partial charge in [0.2, 0.25) is 0 Å². The van der Waals surface area contributed by atoms with Gasteiger partial charge in [0.25, 0.3) is 5.56 Å². The van der Waals surface area contributed by atoms with Crippen LogP contribution in [-0.2, 0) is 6.54 Å². The molecule has 3 heterocycles. The summed E-state index contributed by atoms with van der Waals surface area (Å²) in [5, 5.41) is 11.1. The van der Waals surface area contributed by atoms with Crippen molar-refractivity contribution >= 4 is 5.69 Å². The Morgan fingerprint density at radius 1 is 0.946 bits per heavy atom. The molecule has 190 valence electrons. The molecular formula is C30H32N4O3. The Bertz CT molecular complexity index is 1380. The number of anilines is 1. The predicted octanol–water partition coefficient (Wildman–Crippen LogP) is 4.23. The average molecular weight is 497 g/mol. The number of rotatable bonds is 7. The van der Waals surface area contributed by atoms with Crippen LogP contribution in [0.1, 0.15) is 28.4 Å². The van der Waals surface area contributed by atoms with Crippen molar-refractivity contribution in [2.45, 2.75) is 19.5 Å². The van der Waals surface area contributed by atoms with E-state index in [0.717, 1.165) is 43.1 Å². The molecule has 0 amide bonds. The van der Waals surface area contributed by atoms with Crippen LogP contribution < -0.4 is 15.2 Å². The van der Waals surface area contributed by atoms with E-state index in [9.17, 15) is 9.90 Å². The number of pyridine rings is 2. The summed E-state index contributed by atoms with van der Waals surface area (Å²) < 4.78 is 7.01. The number of ether oxygens (including phenoxy) is 1. The van der Waals surface area contributed by atoms with E-state index in [2.05, 4.69) is 39.0 Å². The lowest BCUT2D eigenvalue weighted by molar-refractivity contribution is 0.207. The smallest absolute Gasteiger partial charge is 0.259 e. The van der Waals surface area contributed by atoms with Crippen LogP contribution in [0.4, 0.5) is 5.69 Å². The van der Waals surface area contributed by atoms with Gasteiger partial charge in [-0.25, -0.2) is 0 Å². The molecule has 0 spiro atoms. The average Bonchev–Trinajstić information content (AvgIpc) is 2.95. The normalized spacial score (nSPS) is 14.9. The second kappa shape index (κ2) is 10.9. The third-order valence-corrected chi connectivity index (χ3v) is 7.12. The molecule has 2 aromatic carbocycles. The fraction of sp³-hybridized carbons (Fsp3) is 0.267. The first-order chi connectivity index (χ1) is 18.0. The van der Waals surface area contributed by atoms with Crippen LogP contribution in [-0.4, -0.2) is 52.8 Å². The van der Waals surface area contributed by atoms with Crippen molar-refractivity contribution < 1.29 is 9.84 Å². The van der Waals surface area contributed by atoms with Gasteiger partial charge < -0.3 is 19.3 Å². The fourth-order valence-corrected chi connectivity index (χ4v) is 5.12. The Labute approximate surface area is 217 Å². The van der Waals surface area contributed by atoms with Crippen molar-refractivity contribution in [3.8, 4) is 11.5 Å². The summed E-state index contributed by atoms with van der Waals surface area (Å²) in [7, 11) is 1.63. The van der Waals surface area contributed by atoms with Crippen molar-refractivity contribution in [3.05, 3.63) is 118 Å². The number of benzene rings is 2. The molecule has 0 radical (unpaired) electrons. The number of nitrogens with zero attached hydrogens (tertiary/aromatic N) is 4. The number of aromatic hydroxyl groups is 1. The molecule has 37 heavy (non-hydrogen) atoms. The van der Waals surface area contributed by atoms with Gasteiger partial charge in [0.1, 0.15) is 11.5 Å². The molecule has 7 nitrogen and oxygen atoms in total. The maximum absolute atomic E-state index is 14.0. The van der Waals surface area contributed by atoms with E-state index < -0.39 is 0 Å². The van der Waals surface area contributed by atoms with Crippen LogP contribution in [0.5, 0.6) is 11.5 Å². The Hall–Kier alpha value is -4.10. The van der Waals surface area contributed by atoms with Crippen molar-refractivity contribution in [2.24, 2.45) is 0 Å². The van der Waals surface area contributed by atoms with E-state index >= 15 is 0 Å². The fourth-order valence-electron chi connectivity index (χ4n) is 5.12. The van der Waals surface area contributed by atoms with Gasteiger partial charge in [0.05, 0.1) is 25.3 Å². The number of aromatic nitrogens is 2. The Morgan fingerprint density at radius 3 is 2.27 bits per heavy atom. The molecule has 0 bridgehead atoms. The lowest BCUT2D eigenvalue weighted by Crippen LogP contribution is -2.49. The molecular weight excluding hydrogens is 464 g/mol. The number of piperazine rings is 1. The van der Waals surface area contributed by atoms with E-state index in [1.165, 1.54) is 5.69 Å². The van der Waals surface area contributed by atoms with Gasteiger partial charge in [0, 0.05) is 50.0 Å². The van der Waals surface area contributed by atoms with Gasteiger partial charge in [-0.05, 0) is 60.5 Å². The zero-order chi connectivity index (χ0) is 25.8. The molecule has 0 saturated carbocycles. The van der Waals surface area contributed by atoms with Crippen LogP contribution in [0, 0.1) is 6.92 Å². The lowest BCUT2D eigenvalue weighted by Gasteiger charge is -2.40. The van der Waals surface area contributed by atoms with Crippen LogP contribution in [0.3, 0.4) is 0 Å². The maximum Gasteiger partial charge on any atom is 0.259 e. The van der Waals surface area contributed by atoms with E-state index in [0.29, 0.717) is 17.8 Å². The van der Waals surface area contributed by atoms with Gasteiger partial charge in [0.15, 0.2) is 0 Å². The minimum absolute atomic E-state index is 0.0285. The zero-order valence-electron chi connectivity index (χ0n) is 21.2. The summed E-state index contributed by atoms with van der Waals surface area (Å²) in [5.41, 5.74) is 4.06. The summed E-state index contributed by atoms with van der Waals surface area (Å²) >= 11 is 0. The van der Waals surface area contributed by atoms with Crippen LogP contribution in [0.15, 0.2) is 90.0 Å². The van der Waals surface area contributed by atoms with Crippen molar-refractivity contribution in [2.75, 3.05) is 38.2 Å². The first-order valence-electron chi connectivity index (χ1n) is 12.6. The molecule has 0 aliphatic carbocycles. The second-order valence-electron chi connectivity index (χ2n) is 9.37. The molecule has 2 aromatic heterocycles. The second-order valence-corrected chi connectivity index (χ2v) is 9.37. The van der Waals surface area contributed by atoms with Crippen molar-refractivity contribution in [1.29, 1.82) is 0 Å². The first kappa shape index (κ1) is 24.6. The number of hydrogen-bond donors (Lipinski definition) is 1. The van der Waals surface area contributed by atoms with Gasteiger partial charge >= 0.3 is 0 Å². The van der Waals surface area contributed by atoms with Crippen molar-refractivity contribution in [3.63, 3.8) is 0 Å². The minimum atomic E-state index is -0.379. The SMILES string of the molecule is COc1ccc(Cn2c(C)cc(O)c([C@@H](c3ccncc3)N3CCN(c4ccccc4)CC3)c2=O)cc1. The standard InChI is InChI=1S/C30H32N4O3/c1-22-20-27(35)28(30(36)34(22)21-23-8-10-26(37-2)11-9-23)29(24-12-14-31-15-13-24)33-18-16-32(17-19-33)25-6-4-3-5-7-25/h3-15,20,29,35H,16-19,21H2,1-2H3/t29-/m1/s1. The van der Waals surface area contributed by atoms with Crippen LogP contribution in [0.2, 0.25) is 0 Å². The number of hydrogen-bond acceptors (Lipinski definition) is 6. The number of methoxy groups -OCH3 is 1. The minimum Gasteiger partial charge on any atom is -0.507 e. The highest BCUT2D eigenvalue weighted by Gasteiger charge is 2.31. The largest absolute Gasteiger partial charge is 0.507 e. The molecule has 1 fully saturated rings. The highest BCUT2D eigenvalue weighted by Crippen LogP contribution is 2.33. The lowest BCUT2D eigenvalue weighted by atomic mass is 9.96. The van der Waals surface area contributed by atoms with E-state index in [-0.39, 0.29) is 17.4 Å². The van der Waals surface area contributed by atoms with Crippen LogP contribution in [0.25, 0.3) is 0 Å². The third kappa shape index (κ3) is 5.22. The predicted molar refractivity (Wildman–Crippen MR) is 146 cm³/mol. The molecule has 0 unspecified atom stereocenters. The number of aryl methyl sites for hydroxylation is 1. The summed E-state index contributed by atoms with van der Waals surface area (Å²) in [4.78, 5) is 22.8. The van der Waals surface area contributed by atoms with Crippen molar-refractivity contribution in [1.82, 2.24) is 14.5 Å². The molecule has 1 atom stereocenters. The Balaban J connectivity index is 1.50. The van der Waals surface area contributed by atoms with E-state index in [1.54, 1.807) is 30.1 Å². The zero-order valence-corrected chi connectivity index (χ0v) is 21.2. The monoisotopic (exact) mass is 496 g/mol. The summed E-state index contributed by atoms with van der Waals surface area (Å²) in [6.45, 7) is 5.44. The molecule has 1 saturated heterocycles. The Morgan fingerprint density at radius 2 is 1.62 bits per heavy atom. The van der Waals surface area contributed by atoms with Gasteiger partial charge in [-0.1, -0.05) is 30.3 Å². The highest BCUT2D eigenvalue weighted by atomic mass is 16.5. The molecule has 1 aliphatic rings. The molecule has 7 heteroatoms. The van der Waals surface area contributed by atoms with Crippen LogP contribution >= 0.6 is 0 Å². The topological polar surface area (TPSA) is 70.8 Å². The molecule has 4 aromatic rings. The molecule has 1 aliphatic heterocycles. The number of para-hydroxylation sites is 1. The summed E-state index contributed by atoms with van der Waals surface area (Å²) in [5.74, 6) is 0.799. The summed E-state index contributed by atoms with van der Waals surface area (Å²) in [6.07, 6.45) is 3.48. The summed E-state index contributed by atoms with van der Waals surface area (Å²) in [6, 6.07) is 23.3. The molecule has 1 N–H and O–H groups in total. The van der Waals surface area contributed by atoms with Gasteiger partial charge in [-0.15, -0.1) is 0 Å². The van der Waals surface area contributed by atoms with E-state index in [1.807, 2.05) is 49.4 Å². The maximum atomic E-state index is 14.0. The quantitative estimate of drug-likeness (QED) is 0.413. The Kier molecular flexibility index (Phi) is 7.23. The highest BCUT2D eigenvalue weighted by molar-refractivity contribution is 5.47. The van der Waals surface area contributed by atoms with E-state index in [4.69, 9.17) is 4.74 Å². The van der Waals surface area contributed by atoms with Gasteiger partial charge in [-0.3, -0.25) is 14.7 Å². The van der Waals surface area contributed by atoms with Gasteiger partial charge in [-0.2, -0.15) is 0 Å². The third-order valence-electron chi connectivity index (χ3n) is 7.12.